The maximum atomic E-state index is 13.5. The molecular weight excluding hydrogens is 542 g/mol. The van der Waals surface area contributed by atoms with E-state index in [1.54, 1.807) is 48.5 Å². The summed E-state index contributed by atoms with van der Waals surface area (Å²) in [7, 11) is 1.48. The first-order chi connectivity index (χ1) is 20.0. The predicted molar refractivity (Wildman–Crippen MR) is 153 cm³/mol. The van der Waals surface area contributed by atoms with Crippen LogP contribution >= 0.6 is 11.3 Å². The zero-order chi connectivity index (χ0) is 28.3. The van der Waals surface area contributed by atoms with Gasteiger partial charge in [-0.05, 0) is 36.4 Å². The molecule has 6 rings (SSSR count). The van der Waals surface area contributed by atoms with Crippen LogP contribution in [-0.4, -0.2) is 37.7 Å². The molecule has 2 N–H and O–H groups in total. The molecule has 3 aromatic heterocycles. The van der Waals surface area contributed by atoms with Gasteiger partial charge in [0, 0.05) is 0 Å². The number of nitriles is 1. The van der Waals surface area contributed by atoms with E-state index in [-0.39, 0.29) is 17.2 Å². The van der Waals surface area contributed by atoms with Crippen molar-refractivity contribution < 1.29 is 9.53 Å². The van der Waals surface area contributed by atoms with Gasteiger partial charge in [-0.15, -0.1) is 10.2 Å². The fourth-order valence-corrected chi connectivity index (χ4v) is 4.99. The van der Waals surface area contributed by atoms with Crippen molar-refractivity contribution in [1.82, 2.24) is 24.7 Å². The van der Waals surface area contributed by atoms with Crippen LogP contribution in [0.4, 0.5) is 11.5 Å². The SMILES string of the molecule is COc1ccccc1NC(=O)C(N=Nc1nn(-c2nc3ccccc3s2)cc1C#N)c1nc2ccccc2c(=O)[nH]1. The molecule has 1 amide bonds. The molecule has 0 aliphatic rings. The van der Waals surface area contributed by atoms with Crippen LogP contribution < -0.4 is 15.6 Å². The lowest BCUT2D eigenvalue weighted by molar-refractivity contribution is -0.117. The zero-order valence-corrected chi connectivity index (χ0v) is 22.2. The molecule has 12 nitrogen and oxygen atoms in total. The Kier molecular flexibility index (Phi) is 6.72. The first-order valence-electron chi connectivity index (χ1n) is 12.2. The third kappa shape index (κ3) is 5.02. The molecule has 0 aliphatic heterocycles. The van der Waals surface area contributed by atoms with Crippen molar-refractivity contribution in [3.63, 3.8) is 0 Å². The summed E-state index contributed by atoms with van der Waals surface area (Å²) in [5.41, 5.74) is 1.25. The van der Waals surface area contributed by atoms with E-state index < -0.39 is 17.5 Å². The number of methoxy groups -OCH3 is 1. The van der Waals surface area contributed by atoms with E-state index in [1.165, 1.54) is 29.3 Å². The normalized spacial score (nSPS) is 12.0. The number of H-pyrrole nitrogens is 1. The smallest absolute Gasteiger partial charge is 0.259 e. The van der Waals surface area contributed by atoms with E-state index >= 15 is 0 Å². The van der Waals surface area contributed by atoms with Crippen LogP contribution in [-0.2, 0) is 4.79 Å². The highest BCUT2D eigenvalue weighted by atomic mass is 32.1. The standard InChI is InChI=1S/C28H19N9O3S/c1-40-21-12-6-4-10-19(21)31-27(39)23(25-30-18-9-3-2-8-17(18)26(38)33-25)34-35-24-16(14-29)15-37(36-24)28-32-20-11-5-7-13-22(20)41-28/h2-13,15,23H,1H3,(H,31,39)(H,30,33,38). The number of hydrogen-bond acceptors (Lipinski definition) is 10. The molecule has 0 fully saturated rings. The van der Waals surface area contributed by atoms with Gasteiger partial charge in [0.1, 0.15) is 23.2 Å². The molecule has 41 heavy (non-hydrogen) atoms. The Morgan fingerprint density at radius 3 is 2.63 bits per heavy atom. The number of rotatable bonds is 7. The highest BCUT2D eigenvalue weighted by Crippen LogP contribution is 2.29. The summed E-state index contributed by atoms with van der Waals surface area (Å²) in [5, 5.41) is 26.2. The van der Waals surface area contributed by atoms with E-state index in [4.69, 9.17) is 4.74 Å². The van der Waals surface area contributed by atoms with Gasteiger partial charge in [0.15, 0.2) is 0 Å². The lowest BCUT2D eigenvalue weighted by Crippen LogP contribution is -2.24. The Labute approximate surface area is 235 Å². The second-order valence-electron chi connectivity index (χ2n) is 8.66. The van der Waals surface area contributed by atoms with Crippen LogP contribution in [0.1, 0.15) is 17.4 Å². The maximum absolute atomic E-state index is 13.5. The van der Waals surface area contributed by atoms with Gasteiger partial charge in [0.2, 0.25) is 17.0 Å². The first-order valence-corrected chi connectivity index (χ1v) is 13.0. The summed E-state index contributed by atoms with van der Waals surface area (Å²) in [4.78, 5) is 38.0. The van der Waals surface area contributed by atoms with Crippen LogP contribution in [0, 0.1) is 11.3 Å². The molecule has 3 heterocycles. The second kappa shape index (κ2) is 10.8. The molecule has 0 aliphatic carbocycles. The highest BCUT2D eigenvalue weighted by Gasteiger charge is 2.26. The number of azo groups is 1. The molecule has 13 heteroatoms. The Hall–Kier alpha value is -5.74. The second-order valence-corrected chi connectivity index (χ2v) is 9.67. The average molecular weight is 562 g/mol. The summed E-state index contributed by atoms with van der Waals surface area (Å²) < 4.78 is 7.74. The van der Waals surface area contributed by atoms with Gasteiger partial charge in [-0.1, -0.05) is 47.7 Å². The van der Waals surface area contributed by atoms with E-state index in [1.807, 2.05) is 30.3 Å². The van der Waals surface area contributed by atoms with Crippen molar-refractivity contribution in [2.24, 2.45) is 10.2 Å². The Balaban J connectivity index is 1.40. The number of benzene rings is 3. The lowest BCUT2D eigenvalue weighted by Gasteiger charge is -2.14. The summed E-state index contributed by atoms with van der Waals surface area (Å²) in [6.07, 6.45) is 1.49. The van der Waals surface area contributed by atoms with Gasteiger partial charge < -0.3 is 15.0 Å². The van der Waals surface area contributed by atoms with Gasteiger partial charge in [-0.25, -0.2) is 14.6 Å². The number of aromatic amines is 1. The molecular formula is C28H19N9O3S. The van der Waals surface area contributed by atoms with Crippen LogP contribution in [0.5, 0.6) is 5.75 Å². The number of thiazole rings is 1. The minimum Gasteiger partial charge on any atom is -0.495 e. The van der Waals surface area contributed by atoms with Gasteiger partial charge in [0.25, 0.3) is 11.5 Å². The molecule has 0 saturated carbocycles. The Morgan fingerprint density at radius 2 is 1.83 bits per heavy atom. The van der Waals surface area contributed by atoms with E-state index in [2.05, 4.69) is 35.6 Å². The Bertz CT molecular complexity index is 2020. The largest absolute Gasteiger partial charge is 0.495 e. The number of aromatic nitrogens is 5. The van der Waals surface area contributed by atoms with Gasteiger partial charge in [0.05, 0.1) is 40.1 Å². The number of anilines is 1. The lowest BCUT2D eigenvalue weighted by atomic mass is 10.2. The molecule has 0 bridgehead atoms. The maximum Gasteiger partial charge on any atom is 0.259 e. The molecule has 1 atom stereocenters. The highest BCUT2D eigenvalue weighted by molar-refractivity contribution is 7.20. The van der Waals surface area contributed by atoms with Crippen LogP contribution in [0.2, 0.25) is 0 Å². The molecule has 200 valence electrons. The van der Waals surface area contributed by atoms with Crippen molar-refractivity contribution in [1.29, 1.82) is 5.26 Å². The quantitative estimate of drug-likeness (QED) is 0.257. The number of carbonyl (C=O) groups excluding carboxylic acids is 1. The van der Waals surface area contributed by atoms with Gasteiger partial charge >= 0.3 is 0 Å². The van der Waals surface area contributed by atoms with Crippen molar-refractivity contribution >= 4 is 49.9 Å². The van der Waals surface area contributed by atoms with Gasteiger partial charge in [-0.2, -0.15) is 10.4 Å². The fourth-order valence-electron chi connectivity index (χ4n) is 4.10. The summed E-state index contributed by atoms with van der Waals surface area (Å²) in [6, 6.07) is 21.9. The summed E-state index contributed by atoms with van der Waals surface area (Å²) in [6.45, 7) is 0. The number of ether oxygens (including phenoxy) is 1. The van der Waals surface area contributed by atoms with Crippen LogP contribution in [0.25, 0.3) is 26.3 Å². The van der Waals surface area contributed by atoms with E-state index in [0.29, 0.717) is 27.5 Å². The Morgan fingerprint density at radius 1 is 1.07 bits per heavy atom. The van der Waals surface area contributed by atoms with Crippen molar-refractivity contribution in [2.75, 3.05) is 12.4 Å². The van der Waals surface area contributed by atoms with Gasteiger partial charge in [-0.3, -0.25) is 9.59 Å². The number of nitrogens with zero attached hydrogens (tertiary/aromatic N) is 7. The summed E-state index contributed by atoms with van der Waals surface area (Å²) in [5.74, 6) is -0.266. The van der Waals surface area contributed by atoms with E-state index in [9.17, 15) is 14.9 Å². The molecule has 0 saturated heterocycles. The summed E-state index contributed by atoms with van der Waals surface area (Å²) >= 11 is 1.40. The minimum absolute atomic E-state index is 0.0232. The van der Waals surface area contributed by atoms with Crippen molar-refractivity contribution in [2.45, 2.75) is 6.04 Å². The number of hydrogen-bond donors (Lipinski definition) is 2. The molecule has 6 aromatic rings. The number of fused-ring (bicyclic) bond motifs is 2. The monoisotopic (exact) mass is 561 g/mol. The molecule has 0 radical (unpaired) electrons. The van der Waals surface area contributed by atoms with Crippen molar-refractivity contribution in [3.05, 3.63) is 101 Å². The average Bonchev–Trinajstić information content (AvgIpc) is 3.62. The topological polar surface area (TPSA) is 163 Å². The number of amides is 1. The third-order valence-electron chi connectivity index (χ3n) is 6.07. The number of carbonyl (C=O) groups is 1. The molecule has 0 spiro atoms. The number of para-hydroxylation sites is 4. The van der Waals surface area contributed by atoms with Crippen LogP contribution in [0.15, 0.2) is 94.0 Å². The van der Waals surface area contributed by atoms with Crippen molar-refractivity contribution in [3.8, 4) is 17.0 Å². The first kappa shape index (κ1) is 25.5. The van der Waals surface area contributed by atoms with Crippen LogP contribution in [0.3, 0.4) is 0 Å². The molecule has 3 aromatic carbocycles. The number of nitrogens with one attached hydrogen (secondary N) is 2. The minimum atomic E-state index is -1.39. The zero-order valence-electron chi connectivity index (χ0n) is 21.3. The third-order valence-corrected chi connectivity index (χ3v) is 7.09. The predicted octanol–water partition coefficient (Wildman–Crippen LogP) is 5.06. The van der Waals surface area contributed by atoms with E-state index in [0.717, 1.165) is 10.2 Å². The fraction of sp³-hybridized carbons (Fsp3) is 0.0714. The molecule has 1 unspecified atom stereocenters.